The van der Waals surface area contributed by atoms with E-state index in [9.17, 15) is 0 Å². The van der Waals surface area contributed by atoms with E-state index < -0.39 is 0 Å². The van der Waals surface area contributed by atoms with Gasteiger partial charge in [0.2, 0.25) is 0 Å². The van der Waals surface area contributed by atoms with Crippen LogP contribution >= 0.6 is 0 Å². The van der Waals surface area contributed by atoms with Gasteiger partial charge in [-0.1, -0.05) is 26.0 Å². The van der Waals surface area contributed by atoms with E-state index in [4.69, 9.17) is 4.74 Å². The van der Waals surface area contributed by atoms with Crippen LogP contribution in [0.3, 0.4) is 0 Å². The van der Waals surface area contributed by atoms with Crippen molar-refractivity contribution in [1.29, 1.82) is 0 Å². The molecule has 1 N–H and O–H groups in total. The van der Waals surface area contributed by atoms with Crippen molar-refractivity contribution in [3.05, 3.63) is 12.2 Å². The van der Waals surface area contributed by atoms with Crippen molar-refractivity contribution in [3.8, 4) is 0 Å². The van der Waals surface area contributed by atoms with Gasteiger partial charge in [-0.15, -0.1) is 0 Å². The predicted molar refractivity (Wildman–Crippen MR) is 77.9 cm³/mol. The Hall–Kier alpha value is -0.380. The first-order valence-corrected chi connectivity index (χ1v) is 7.25. The predicted octanol–water partition coefficient (Wildman–Crippen LogP) is 2.29. The lowest BCUT2D eigenvalue weighted by atomic mass is 10.0. The molecule has 0 saturated carbocycles. The Bertz CT molecular complexity index is 241. The third-order valence-electron chi connectivity index (χ3n) is 3.22. The van der Waals surface area contributed by atoms with Gasteiger partial charge >= 0.3 is 0 Å². The summed E-state index contributed by atoms with van der Waals surface area (Å²) in [6.07, 6.45) is 2.51. The van der Waals surface area contributed by atoms with Crippen molar-refractivity contribution < 1.29 is 4.74 Å². The van der Waals surface area contributed by atoms with Gasteiger partial charge in [0.1, 0.15) is 0 Å². The Morgan fingerprint density at radius 3 is 2.94 bits per heavy atom. The van der Waals surface area contributed by atoms with Crippen LogP contribution in [-0.2, 0) is 4.74 Å². The molecular weight excluding hydrogens is 224 g/mol. The first kappa shape index (κ1) is 15.7. The van der Waals surface area contributed by atoms with E-state index in [2.05, 4.69) is 30.6 Å². The smallest absolute Gasteiger partial charge is 0.0672 e. The molecule has 1 fully saturated rings. The van der Waals surface area contributed by atoms with Crippen molar-refractivity contribution >= 4 is 0 Å². The molecule has 1 unspecified atom stereocenters. The number of hydrogen-bond acceptors (Lipinski definition) is 3. The van der Waals surface area contributed by atoms with E-state index in [0.717, 1.165) is 37.7 Å². The molecule has 0 radical (unpaired) electrons. The van der Waals surface area contributed by atoms with Gasteiger partial charge in [0.25, 0.3) is 0 Å². The summed E-state index contributed by atoms with van der Waals surface area (Å²) in [4.78, 5) is 2.53. The number of nitrogens with one attached hydrogen (secondary N) is 1. The average Bonchev–Trinajstić information content (AvgIpc) is 2.49. The van der Waals surface area contributed by atoms with Crippen LogP contribution in [0.5, 0.6) is 0 Å². The highest BCUT2D eigenvalue weighted by Gasteiger charge is 2.18. The molecule has 0 spiro atoms. The molecule has 3 heteroatoms. The lowest BCUT2D eigenvalue weighted by Crippen LogP contribution is -2.39. The zero-order valence-corrected chi connectivity index (χ0v) is 12.4. The molecule has 3 nitrogen and oxygen atoms in total. The van der Waals surface area contributed by atoms with Crippen LogP contribution in [0.2, 0.25) is 0 Å². The van der Waals surface area contributed by atoms with Crippen LogP contribution in [0, 0.1) is 5.92 Å². The van der Waals surface area contributed by atoms with Gasteiger partial charge in [-0.3, -0.25) is 4.90 Å². The van der Waals surface area contributed by atoms with Crippen LogP contribution in [0.1, 0.15) is 33.6 Å². The number of ether oxygens (including phenoxy) is 1. The maximum atomic E-state index is 5.59. The van der Waals surface area contributed by atoms with E-state index in [-0.39, 0.29) is 0 Å². The summed E-state index contributed by atoms with van der Waals surface area (Å²) in [6, 6.07) is 0.647. The van der Waals surface area contributed by atoms with Crippen molar-refractivity contribution in [1.82, 2.24) is 10.2 Å². The van der Waals surface area contributed by atoms with Gasteiger partial charge in [-0.2, -0.15) is 0 Å². The summed E-state index contributed by atoms with van der Waals surface area (Å²) < 4.78 is 5.59. The maximum Gasteiger partial charge on any atom is 0.0672 e. The first-order chi connectivity index (χ1) is 8.58. The van der Waals surface area contributed by atoms with Gasteiger partial charge in [0, 0.05) is 19.1 Å². The SMILES string of the molecule is C=C(C)COCCN1CCCNC(CC(C)C)C1. The van der Waals surface area contributed by atoms with Gasteiger partial charge in [0.05, 0.1) is 13.2 Å². The summed E-state index contributed by atoms with van der Waals surface area (Å²) in [5.74, 6) is 0.766. The second-order valence-electron chi connectivity index (χ2n) is 5.94. The zero-order chi connectivity index (χ0) is 13.4. The maximum absolute atomic E-state index is 5.59. The first-order valence-electron chi connectivity index (χ1n) is 7.25. The van der Waals surface area contributed by atoms with Crippen LogP contribution in [0.25, 0.3) is 0 Å². The molecule has 1 rings (SSSR count). The zero-order valence-electron chi connectivity index (χ0n) is 12.4. The molecule has 0 amide bonds. The third kappa shape index (κ3) is 7.14. The second-order valence-corrected chi connectivity index (χ2v) is 5.94. The molecule has 1 atom stereocenters. The summed E-state index contributed by atoms with van der Waals surface area (Å²) in [5, 5.41) is 3.65. The molecular formula is C15H30N2O. The minimum Gasteiger partial charge on any atom is -0.376 e. The van der Waals surface area contributed by atoms with Gasteiger partial charge < -0.3 is 10.1 Å². The Morgan fingerprint density at radius 1 is 1.50 bits per heavy atom. The van der Waals surface area contributed by atoms with Crippen molar-refractivity contribution in [3.63, 3.8) is 0 Å². The van der Waals surface area contributed by atoms with E-state index in [1.165, 1.54) is 19.4 Å². The molecule has 0 bridgehead atoms. The molecule has 18 heavy (non-hydrogen) atoms. The van der Waals surface area contributed by atoms with Gasteiger partial charge in [-0.05, 0) is 38.8 Å². The van der Waals surface area contributed by atoms with Crippen molar-refractivity contribution in [2.24, 2.45) is 5.92 Å². The third-order valence-corrected chi connectivity index (χ3v) is 3.22. The van der Waals surface area contributed by atoms with Crippen LogP contribution in [-0.4, -0.2) is 50.3 Å². The molecule has 1 saturated heterocycles. The lowest BCUT2D eigenvalue weighted by Gasteiger charge is -2.25. The summed E-state index contributed by atoms with van der Waals surface area (Å²) in [6.45, 7) is 16.5. The number of rotatable bonds is 7. The van der Waals surface area contributed by atoms with Crippen LogP contribution in [0.15, 0.2) is 12.2 Å². The second kappa shape index (κ2) is 8.68. The molecule has 106 valence electrons. The van der Waals surface area contributed by atoms with Crippen LogP contribution in [0.4, 0.5) is 0 Å². The lowest BCUT2D eigenvalue weighted by molar-refractivity contribution is 0.118. The average molecular weight is 254 g/mol. The Balaban J connectivity index is 2.23. The van der Waals surface area contributed by atoms with Crippen LogP contribution < -0.4 is 5.32 Å². The fraction of sp³-hybridized carbons (Fsp3) is 0.867. The highest BCUT2D eigenvalue weighted by Crippen LogP contribution is 2.09. The standard InChI is InChI=1S/C15H30N2O/c1-13(2)10-15-11-17(7-5-6-16-15)8-9-18-12-14(3)4/h13,15-16H,3,5-12H2,1-2,4H3. The summed E-state index contributed by atoms with van der Waals surface area (Å²) in [5.41, 5.74) is 1.10. The Kier molecular flexibility index (Phi) is 7.56. The highest BCUT2D eigenvalue weighted by atomic mass is 16.5. The molecule has 0 aromatic carbocycles. The summed E-state index contributed by atoms with van der Waals surface area (Å²) in [7, 11) is 0. The largest absolute Gasteiger partial charge is 0.376 e. The molecule has 1 aliphatic rings. The fourth-order valence-corrected chi connectivity index (χ4v) is 2.45. The molecule has 0 aromatic rings. The molecule has 0 aromatic heterocycles. The van der Waals surface area contributed by atoms with Crippen molar-refractivity contribution in [2.45, 2.75) is 39.7 Å². The fourth-order valence-electron chi connectivity index (χ4n) is 2.45. The number of hydrogen-bond donors (Lipinski definition) is 1. The molecule has 1 aliphatic heterocycles. The van der Waals surface area contributed by atoms with E-state index in [1.807, 2.05) is 6.92 Å². The summed E-state index contributed by atoms with van der Waals surface area (Å²) >= 11 is 0. The Morgan fingerprint density at radius 2 is 2.28 bits per heavy atom. The van der Waals surface area contributed by atoms with E-state index >= 15 is 0 Å². The highest BCUT2D eigenvalue weighted by molar-refractivity contribution is 4.87. The van der Waals surface area contributed by atoms with E-state index in [0.29, 0.717) is 12.6 Å². The Labute approximate surface area is 113 Å². The van der Waals surface area contributed by atoms with Crippen molar-refractivity contribution in [2.75, 3.05) is 39.4 Å². The molecule has 0 aliphatic carbocycles. The van der Waals surface area contributed by atoms with Gasteiger partial charge in [0.15, 0.2) is 0 Å². The molecule has 1 heterocycles. The van der Waals surface area contributed by atoms with Gasteiger partial charge in [-0.25, -0.2) is 0 Å². The monoisotopic (exact) mass is 254 g/mol. The minimum atomic E-state index is 0.647. The normalized spacial score (nSPS) is 22.1. The quantitative estimate of drug-likeness (QED) is 0.557. The van der Waals surface area contributed by atoms with E-state index in [1.54, 1.807) is 0 Å². The topological polar surface area (TPSA) is 24.5 Å². The number of nitrogens with zero attached hydrogens (tertiary/aromatic N) is 1. The minimum absolute atomic E-state index is 0.647.